The Hall–Kier alpha value is -3.57. The van der Waals surface area contributed by atoms with Crippen LogP contribution in [0.1, 0.15) is 127 Å². The first kappa shape index (κ1) is 42.6. The molecule has 0 aliphatic carbocycles. The van der Waals surface area contributed by atoms with Gasteiger partial charge in [-0.25, -0.2) is 18.5 Å². The highest BCUT2D eigenvalue weighted by Crippen LogP contribution is 2.17. The Bertz CT molecular complexity index is 1290. The number of aromatic amines is 2. The summed E-state index contributed by atoms with van der Waals surface area (Å²) in [5.74, 6) is -1.19. The molecular weight excluding hydrogens is 668 g/mol. The van der Waals surface area contributed by atoms with Gasteiger partial charge in [0.05, 0.1) is 43.5 Å². The fourth-order valence-corrected chi connectivity index (χ4v) is 6.40. The number of sulfonamides is 1. The van der Waals surface area contributed by atoms with E-state index in [1.54, 1.807) is 6.20 Å². The Morgan fingerprint density at radius 2 is 1.46 bits per heavy atom. The van der Waals surface area contributed by atoms with Crippen LogP contribution in [0.25, 0.3) is 0 Å². The topological polar surface area (TPSA) is 228 Å². The number of imidazole rings is 1. The lowest BCUT2D eigenvalue weighted by atomic mass is 9.98. The minimum atomic E-state index is -3.79. The minimum Gasteiger partial charge on any atom is -0.377 e. The van der Waals surface area contributed by atoms with Gasteiger partial charge in [0.25, 0.3) is 0 Å². The van der Waals surface area contributed by atoms with Crippen molar-refractivity contribution in [3.63, 3.8) is 0 Å². The quantitative estimate of drug-likeness (QED) is 0.0615. The van der Waals surface area contributed by atoms with Crippen LogP contribution in [-0.2, 0) is 45.1 Å². The molecule has 50 heavy (non-hydrogen) atoms. The molecule has 2 heterocycles. The molecule has 17 heteroatoms. The minimum absolute atomic E-state index is 0.00190. The number of nitrogens with one attached hydrogen (secondary N) is 4. The van der Waals surface area contributed by atoms with Crippen LogP contribution in [-0.4, -0.2) is 102 Å². The molecular formula is C33H56N8O8S. The van der Waals surface area contributed by atoms with Crippen LogP contribution in [0.2, 0.25) is 0 Å². The highest BCUT2D eigenvalue weighted by Gasteiger charge is 2.22. The number of aldehydes is 1. The zero-order valence-corrected chi connectivity index (χ0v) is 30.1. The number of ketones is 1. The van der Waals surface area contributed by atoms with Crippen molar-refractivity contribution >= 4 is 33.9 Å². The average molecular weight is 725 g/mol. The summed E-state index contributed by atoms with van der Waals surface area (Å²) in [6.07, 6.45) is 19.6. The van der Waals surface area contributed by atoms with E-state index in [1.807, 2.05) is 0 Å². The van der Waals surface area contributed by atoms with E-state index in [-0.39, 0.29) is 76.1 Å². The molecule has 2 aromatic rings. The monoisotopic (exact) mass is 724 g/mol. The van der Waals surface area contributed by atoms with Crippen LogP contribution >= 0.6 is 0 Å². The number of carbonyl (C=O) groups excluding carboxylic acids is 4. The van der Waals surface area contributed by atoms with Crippen molar-refractivity contribution in [2.45, 2.75) is 121 Å². The van der Waals surface area contributed by atoms with Crippen LogP contribution in [0.3, 0.4) is 0 Å². The molecule has 0 aliphatic heterocycles. The Morgan fingerprint density at radius 1 is 0.820 bits per heavy atom. The van der Waals surface area contributed by atoms with Crippen molar-refractivity contribution in [1.82, 2.24) is 40.6 Å². The van der Waals surface area contributed by atoms with Gasteiger partial charge in [0.1, 0.15) is 18.7 Å². The maximum Gasteiger partial charge on any atom is 0.234 e. The predicted octanol–water partition coefficient (Wildman–Crippen LogP) is 3.24. The van der Waals surface area contributed by atoms with Gasteiger partial charge in [0.2, 0.25) is 21.8 Å². The number of unbranched alkanes of at least 4 members (excludes halogenated alkanes) is 12. The Balaban J connectivity index is 1.34. The molecule has 2 rings (SSSR count). The molecule has 0 fully saturated rings. The first-order valence-corrected chi connectivity index (χ1v) is 19.6. The molecule has 0 radical (unpaired) electrons. The maximum absolute atomic E-state index is 12.3. The zero-order chi connectivity index (χ0) is 36.1. The van der Waals surface area contributed by atoms with E-state index in [0.29, 0.717) is 18.4 Å². The molecule has 0 bridgehead atoms. The Morgan fingerprint density at radius 3 is 2.08 bits per heavy atom. The molecule has 2 amide bonds. The van der Waals surface area contributed by atoms with E-state index in [1.165, 1.54) is 57.7 Å². The number of rotatable bonds is 33. The average Bonchev–Trinajstić information content (AvgIpc) is 3.81. The Kier molecular flexibility index (Phi) is 23.2. The van der Waals surface area contributed by atoms with Crippen LogP contribution in [0, 0.1) is 0 Å². The molecule has 282 valence electrons. The van der Waals surface area contributed by atoms with Crippen molar-refractivity contribution in [1.29, 1.82) is 0 Å². The van der Waals surface area contributed by atoms with Crippen LogP contribution in [0.5, 0.6) is 0 Å². The smallest absolute Gasteiger partial charge is 0.234 e. The number of Topliss-reactive ketones (excluding diaryl/α,β-unsaturated/α-hetero) is 1. The molecule has 0 aromatic carbocycles. The standard InChI is InChI=1S/C33H56N8O8S/c42-20-18-28(29-25-34-27-36-29)30(43)26-49-23-22-48-21-19-35-32(44)17-14-24-50(46,47)39-33(45)16-13-11-9-7-5-3-1-2-4-6-8-10-12-15-31-37-40-41-38-31/h20,25,27-28H,1-19,21-24,26H2,(H,34,36)(H,35,44)(H,39,45)(H,37,38,40,41). The second-order valence-corrected chi connectivity index (χ2v) is 14.2. The molecule has 0 spiro atoms. The van der Waals surface area contributed by atoms with Crippen molar-refractivity contribution < 1.29 is 37.1 Å². The van der Waals surface area contributed by atoms with Gasteiger partial charge in [0, 0.05) is 38.4 Å². The van der Waals surface area contributed by atoms with Gasteiger partial charge in [-0.3, -0.25) is 19.1 Å². The summed E-state index contributed by atoms with van der Waals surface area (Å²) in [6.45, 7) is 0.628. The number of tetrazole rings is 1. The number of aryl methyl sites for hydroxylation is 1. The normalized spacial score (nSPS) is 12.1. The summed E-state index contributed by atoms with van der Waals surface area (Å²) < 4.78 is 37.3. The zero-order valence-electron chi connectivity index (χ0n) is 29.2. The lowest BCUT2D eigenvalue weighted by Gasteiger charge is -2.11. The van der Waals surface area contributed by atoms with E-state index in [2.05, 4.69) is 40.6 Å². The maximum atomic E-state index is 12.3. The van der Waals surface area contributed by atoms with E-state index < -0.39 is 21.8 Å². The van der Waals surface area contributed by atoms with Crippen molar-refractivity contribution in [3.05, 3.63) is 24.0 Å². The number of H-pyrrole nitrogens is 2. The third-order valence-electron chi connectivity index (χ3n) is 8.07. The van der Waals surface area contributed by atoms with E-state index >= 15 is 0 Å². The largest absolute Gasteiger partial charge is 0.377 e. The predicted molar refractivity (Wildman–Crippen MR) is 185 cm³/mol. The fourth-order valence-electron chi connectivity index (χ4n) is 5.33. The number of amides is 2. The summed E-state index contributed by atoms with van der Waals surface area (Å²) >= 11 is 0. The molecule has 0 saturated heterocycles. The number of hydrogen-bond donors (Lipinski definition) is 4. The first-order valence-electron chi connectivity index (χ1n) is 17.9. The summed E-state index contributed by atoms with van der Waals surface area (Å²) in [5.41, 5.74) is 0.488. The molecule has 0 saturated carbocycles. The highest BCUT2D eigenvalue weighted by molar-refractivity contribution is 7.90. The lowest BCUT2D eigenvalue weighted by Crippen LogP contribution is -2.33. The van der Waals surface area contributed by atoms with Crippen molar-refractivity contribution in [2.75, 3.05) is 38.7 Å². The number of nitrogens with zero attached hydrogens (tertiary/aromatic N) is 4. The van der Waals surface area contributed by atoms with Gasteiger partial charge in [-0.1, -0.05) is 70.6 Å². The second kappa shape index (κ2) is 27.2. The lowest BCUT2D eigenvalue weighted by molar-refractivity contribution is -0.127. The highest BCUT2D eigenvalue weighted by atomic mass is 32.2. The van der Waals surface area contributed by atoms with Crippen LogP contribution < -0.4 is 10.0 Å². The second-order valence-electron chi connectivity index (χ2n) is 12.3. The fraction of sp³-hybridized carbons (Fsp3) is 0.758. The third-order valence-corrected chi connectivity index (χ3v) is 9.44. The first-order chi connectivity index (χ1) is 24.3. The van der Waals surface area contributed by atoms with Gasteiger partial charge < -0.3 is 24.6 Å². The molecule has 0 aliphatic rings. The Labute approximate surface area is 295 Å². The number of aromatic nitrogens is 6. The summed E-state index contributed by atoms with van der Waals surface area (Å²) in [6, 6.07) is 0. The van der Waals surface area contributed by atoms with Gasteiger partial charge in [-0.2, -0.15) is 0 Å². The van der Waals surface area contributed by atoms with Crippen LogP contribution in [0.4, 0.5) is 0 Å². The number of hydrogen-bond acceptors (Lipinski definition) is 12. The molecule has 16 nitrogen and oxygen atoms in total. The van der Waals surface area contributed by atoms with E-state index in [9.17, 15) is 27.6 Å². The molecule has 4 N–H and O–H groups in total. The van der Waals surface area contributed by atoms with Gasteiger partial charge in [-0.05, 0) is 29.7 Å². The van der Waals surface area contributed by atoms with Crippen molar-refractivity contribution in [2.24, 2.45) is 0 Å². The van der Waals surface area contributed by atoms with E-state index in [4.69, 9.17) is 9.47 Å². The van der Waals surface area contributed by atoms with Gasteiger partial charge >= 0.3 is 0 Å². The van der Waals surface area contributed by atoms with Gasteiger partial charge in [0.15, 0.2) is 5.78 Å². The molecule has 1 atom stereocenters. The molecule has 1 unspecified atom stereocenters. The van der Waals surface area contributed by atoms with Crippen LogP contribution in [0.15, 0.2) is 12.5 Å². The summed E-state index contributed by atoms with van der Waals surface area (Å²) in [5, 5.41) is 16.5. The van der Waals surface area contributed by atoms with E-state index in [0.717, 1.165) is 37.9 Å². The number of ether oxygens (including phenoxy) is 2. The van der Waals surface area contributed by atoms with Crippen molar-refractivity contribution in [3.8, 4) is 0 Å². The van der Waals surface area contributed by atoms with Gasteiger partial charge in [-0.15, -0.1) is 5.10 Å². The third kappa shape index (κ3) is 21.5. The molecule has 2 aromatic heterocycles. The SMILES string of the molecule is O=CCC(C(=O)COCCOCCNC(=O)CCCS(=O)(=O)NC(=O)CCCCCCCCCCCCCCCc1nnn[nH]1)c1c[nH]cn1. The summed E-state index contributed by atoms with van der Waals surface area (Å²) in [4.78, 5) is 54.1. The number of carbonyl (C=O) groups is 4. The summed E-state index contributed by atoms with van der Waals surface area (Å²) in [7, 11) is -3.79.